The first kappa shape index (κ1) is 11.9. The van der Waals surface area contributed by atoms with Crippen molar-refractivity contribution < 1.29 is 0 Å². The maximum atomic E-state index is 4.46. The van der Waals surface area contributed by atoms with Gasteiger partial charge in [-0.25, -0.2) is 0 Å². The van der Waals surface area contributed by atoms with Gasteiger partial charge in [0.1, 0.15) is 8.07 Å². The number of anilines is 2. The van der Waals surface area contributed by atoms with Gasteiger partial charge in [-0.05, 0) is 19.1 Å². The van der Waals surface area contributed by atoms with Gasteiger partial charge < -0.3 is 5.32 Å². The number of nitrogens with one attached hydrogen (secondary N) is 2. The van der Waals surface area contributed by atoms with Gasteiger partial charge in [0.05, 0.1) is 16.7 Å². The van der Waals surface area contributed by atoms with E-state index in [0.717, 1.165) is 17.1 Å². The maximum absolute atomic E-state index is 4.46. The second kappa shape index (κ2) is 4.37. The number of para-hydroxylation sites is 1. The van der Waals surface area contributed by atoms with Crippen molar-refractivity contribution in [2.45, 2.75) is 26.6 Å². The minimum Gasteiger partial charge on any atom is -0.353 e. The molecule has 0 atom stereocenters. The lowest BCUT2D eigenvalue weighted by atomic mass is 10.3. The number of hydrogen-bond donors (Lipinski definition) is 2. The average Bonchev–Trinajstić information content (AvgIpc) is 2.62. The number of aromatic nitrogens is 2. The molecule has 0 saturated heterocycles. The van der Waals surface area contributed by atoms with Crippen LogP contribution in [-0.2, 0) is 0 Å². The number of nitrogens with zero attached hydrogens (tertiary/aromatic N) is 1. The molecule has 0 aliphatic rings. The molecule has 2 aromatic rings. The summed E-state index contributed by atoms with van der Waals surface area (Å²) in [6.45, 7) is 8.97. The number of aromatic amines is 1. The minimum absolute atomic E-state index is 1.10. The highest BCUT2D eigenvalue weighted by molar-refractivity contribution is 6.89. The van der Waals surface area contributed by atoms with Gasteiger partial charge in [-0.15, -0.1) is 0 Å². The van der Waals surface area contributed by atoms with E-state index >= 15 is 0 Å². The highest BCUT2D eigenvalue weighted by atomic mass is 28.3. The third kappa shape index (κ3) is 2.58. The summed E-state index contributed by atoms with van der Waals surface area (Å²) in [4.78, 5) is 0. The van der Waals surface area contributed by atoms with E-state index in [1.807, 2.05) is 18.2 Å². The number of benzene rings is 1. The number of hydrogen-bond acceptors (Lipinski definition) is 2. The van der Waals surface area contributed by atoms with Crippen molar-refractivity contribution in [1.82, 2.24) is 10.2 Å². The van der Waals surface area contributed by atoms with E-state index < -0.39 is 8.07 Å². The Balaban J connectivity index is 2.36. The van der Waals surface area contributed by atoms with Crippen molar-refractivity contribution >= 4 is 24.8 Å². The van der Waals surface area contributed by atoms with Crippen LogP contribution in [0.2, 0.25) is 19.6 Å². The minimum atomic E-state index is -1.42. The second-order valence-corrected chi connectivity index (χ2v) is 10.3. The predicted molar refractivity (Wildman–Crippen MR) is 76.0 cm³/mol. The summed E-state index contributed by atoms with van der Waals surface area (Å²) in [5.74, 6) is 0. The van der Waals surface area contributed by atoms with Gasteiger partial charge in [-0.3, -0.25) is 5.10 Å². The molecule has 1 heterocycles. The zero-order chi connectivity index (χ0) is 12.5. The number of aryl methyl sites for hydroxylation is 1. The van der Waals surface area contributed by atoms with Gasteiger partial charge in [-0.1, -0.05) is 37.8 Å². The SMILES string of the molecule is Cc1[nH]nc([Si](C)(C)C)c1Nc1ccccc1. The van der Waals surface area contributed by atoms with E-state index in [1.165, 1.54) is 5.32 Å². The Morgan fingerprint density at radius 2 is 1.76 bits per heavy atom. The Bertz CT molecular complexity index is 497. The molecule has 3 nitrogen and oxygen atoms in total. The molecule has 17 heavy (non-hydrogen) atoms. The molecule has 4 heteroatoms. The zero-order valence-electron chi connectivity index (χ0n) is 10.8. The van der Waals surface area contributed by atoms with Crippen LogP contribution in [0.1, 0.15) is 5.69 Å². The molecule has 90 valence electrons. The first-order valence-electron chi connectivity index (χ1n) is 5.86. The van der Waals surface area contributed by atoms with E-state index in [2.05, 4.69) is 54.2 Å². The van der Waals surface area contributed by atoms with Gasteiger partial charge in [0.15, 0.2) is 0 Å². The fourth-order valence-corrected chi connectivity index (χ4v) is 3.18. The molecule has 0 unspecified atom stereocenters. The van der Waals surface area contributed by atoms with E-state index in [0.29, 0.717) is 0 Å². The smallest absolute Gasteiger partial charge is 0.106 e. The van der Waals surface area contributed by atoms with E-state index in [4.69, 9.17) is 0 Å². The highest BCUT2D eigenvalue weighted by Crippen LogP contribution is 2.19. The van der Waals surface area contributed by atoms with Crippen molar-refractivity contribution in [3.8, 4) is 0 Å². The lowest BCUT2D eigenvalue weighted by molar-refractivity contribution is 1.06. The predicted octanol–water partition coefficient (Wildman–Crippen LogP) is 3.01. The largest absolute Gasteiger partial charge is 0.353 e. The van der Waals surface area contributed by atoms with Crippen LogP contribution in [0.4, 0.5) is 11.4 Å². The average molecular weight is 245 g/mol. The van der Waals surface area contributed by atoms with Gasteiger partial charge in [0.25, 0.3) is 0 Å². The molecule has 0 spiro atoms. The molecule has 0 aliphatic heterocycles. The van der Waals surface area contributed by atoms with Crippen molar-refractivity contribution in [3.63, 3.8) is 0 Å². The quantitative estimate of drug-likeness (QED) is 0.816. The zero-order valence-corrected chi connectivity index (χ0v) is 11.8. The molecule has 0 bridgehead atoms. The summed E-state index contributed by atoms with van der Waals surface area (Å²) < 4.78 is 0. The van der Waals surface area contributed by atoms with Crippen LogP contribution in [0.3, 0.4) is 0 Å². The number of rotatable bonds is 3. The molecule has 0 aliphatic carbocycles. The molecule has 2 N–H and O–H groups in total. The van der Waals surface area contributed by atoms with Crippen LogP contribution < -0.4 is 10.6 Å². The van der Waals surface area contributed by atoms with Crippen LogP contribution in [-0.4, -0.2) is 18.3 Å². The van der Waals surface area contributed by atoms with E-state index in [9.17, 15) is 0 Å². The first-order valence-corrected chi connectivity index (χ1v) is 9.36. The standard InChI is InChI=1S/C13H19N3Si/c1-10-12(13(16-15-10)17(2,3)4)14-11-8-6-5-7-9-11/h5-9,14H,1-4H3,(H,15,16). The lowest BCUT2D eigenvalue weighted by Crippen LogP contribution is -2.40. The maximum Gasteiger partial charge on any atom is 0.106 e. The molecule has 1 aromatic heterocycles. The summed E-state index contributed by atoms with van der Waals surface area (Å²) in [6.07, 6.45) is 0. The third-order valence-corrected chi connectivity index (χ3v) is 4.48. The third-order valence-electron chi connectivity index (χ3n) is 2.70. The number of H-pyrrole nitrogens is 1. The van der Waals surface area contributed by atoms with Crippen molar-refractivity contribution in [2.24, 2.45) is 0 Å². The van der Waals surface area contributed by atoms with Crippen molar-refractivity contribution in [3.05, 3.63) is 36.0 Å². The van der Waals surface area contributed by atoms with Gasteiger partial charge >= 0.3 is 0 Å². The van der Waals surface area contributed by atoms with Gasteiger partial charge in [0.2, 0.25) is 0 Å². The van der Waals surface area contributed by atoms with Gasteiger partial charge in [0, 0.05) is 5.69 Å². The Labute approximate surface area is 103 Å². The molecule has 0 radical (unpaired) electrons. The Morgan fingerprint density at radius 1 is 1.12 bits per heavy atom. The van der Waals surface area contributed by atoms with Crippen LogP contribution >= 0.6 is 0 Å². The molecule has 0 fully saturated rings. The van der Waals surface area contributed by atoms with Crippen LogP contribution in [0.15, 0.2) is 30.3 Å². The van der Waals surface area contributed by atoms with Crippen molar-refractivity contribution in [2.75, 3.05) is 5.32 Å². The second-order valence-electron chi connectivity index (χ2n) is 5.31. The lowest BCUT2D eigenvalue weighted by Gasteiger charge is -2.16. The van der Waals surface area contributed by atoms with E-state index in [1.54, 1.807) is 0 Å². The molecular weight excluding hydrogens is 226 g/mol. The van der Waals surface area contributed by atoms with Crippen LogP contribution in [0, 0.1) is 6.92 Å². The molecule has 1 aromatic carbocycles. The summed E-state index contributed by atoms with van der Waals surface area (Å²) in [5, 5.41) is 12.2. The van der Waals surface area contributed by atoms with Crippen molar-refractivity contribution in [1.29, 1.82) is 0 Å². The molecule has 2 rings (SSSR count). The summed E-state index contributed by atoms with van der Waals surface area (Å²) in [6, 6.07) is 10.2. The highest BCUT2D eigenvalue weighted by Gasteiger charge is 2.25. The molecule has 0 amide bonds. The van der Waals surface area contributed by atoms with Crippen LogP contribution in [0.25, 0.3) is 0 Å². The Morgan fingerprint density at radius 3 is 2.35 bits per heavy atom. The Hall–Kier alpha value is -1.55. The first-order chi connectivity index (χ1) is 7.98. The summed E-state index contributed by atoms with van der Waals surface area (Å²) >= 11 is 0. The molecule has 0 saturated carbocycles. The fourth-order valence-electron chi connectivity index (χ4n) is 1.79. The summed E-state index contributed by atoms with van der Waals surface area (Å²) in [5.41, 5.74) is 3.36. The van der Waals surface area contributed by atoms with E-state index in [-0.39, 0.29) is 0 Å². The summed E-state index contributed by atoms with van der Waals surface area (Å²) in [7, 11) is -1.42. The molecular formula is C13H19N3Si. The topological polar surface area (TPSA) is 40.7 Å². The van der Waals surface area contributed by atoms with Crippen LogP contribution in [0.5, 0.6) is 0 Å². The monoisotopic (exact) mass is 245 g/mol. The fraction of sp³-hybridized carbons (Fsp3) is 0.308. The van der Waals surface area contributed by atoms with Gasteiger partial charge in [-0.2, -0.15) is 5.10 Å². The Kier molecular flexibility index (Phi) is 3.06. The normalized spacial score (nSPS) is 11.5.